The molecule has 1 N–H and O–H groups in total. The van der Waals surface area contributed by atoms with Gasteiger partial charge in [-0.3, -0.25) is 0 Å². The van der Waals surface area contributed by atoms with Crippen molar-refractivity contribution in [3.05, 3.63) is 53.6 Å². The maximum atomic E-state index is 13.1. The van der Waals surface area contributed by atoms with E-state index in [-0.39, 0.29) is 29.6 Å². The highest BCUT2D eigenvalue weighted by Crippen LogP contribution is 2.29. The predicted octanol–water partition coefficient (Wildman–Crippen LogP) is 2.70. The predicted molar refractivity (Wildman–Crippen MR) is 111 cm³/mol. The van der Waals surface area contributed by atoms with E-state index in [1.807, 2.05) is 38.4 Å². The number of nitrogens with zero attached hydrogens (tertiary/aromatic N) is 2. The van der Waals surface area contributed by atoms with Gasteiger partial charge in [0.1, 0.15) is 0 Å². The number of hydrogen-bond donors (Lipinski definition) is 1. The van der Waals surface area contributed by atoms with E-state index in [1.165, 1.54) is 16.4 Å². The van der Waals surface area contributed by atoms with Gasteiger partial charge < -0.3 is 14.7 Å². The number of carboxylic acid groups (broad SMARTS) is 1. The molecule has 2 aromatic carbocycles. The van der Waals surface area contributed by atoms with Crippen LogP contribution in [0.15, 0.2) is 47.4 Å². The van der Waals surface area contributed by atoms with Crippen molar-refractivity contribution >= 4 is 16.0 Å². The summed E-state index contributed by atoms with van der Waals surface area (Å²) < 4.78 is 32.7. The van der Waals surface area contributed by atoms with Gasteiger partial charge in [0.05, 0.1) is 23.7 Å². The monoisotopic (exact) mass is 418 g/mol. The van der Waals surface area contributed by atoms with Crippen LogP contribution in [-0.4, -0.2) is 69.1 Å². The summed E-state index contributed by atoms with van der Waals surface area (Å²) in [5, 5.41) is 9.54. The highest BCUT2D eigenvalue weighted by molar-refractivity contribution is 7.89. The third-order valence-electron chi connectivity index (χ3n) is 5.24. The molecular weight excluding hydrogens is 392 g/mol. The molecule has 1 fully saturated rings. The molecule has 0 bridgehead atoms. The lowest BCUT2D eigenvalue weighted by molar-refractivity contribution is 0.0696. The fourth-order valence-corrected chi connectivity index (χ4v) is 4.73. The lowest BCUT2D eigenvalue weighted by atomic mass is 9.98. The van der Waals surface area contributed by atoms with Crippen LogP contribution in [0.3, 0.4) is 0 Å². The summed E-state index contributed by atoms with van der Waals surface area (Å²) in [7, 11) is 0.156. The Bertz CT molecular complexity index is 998. The Kier molecular flexibility index (Phi) is 6.38. The second kappa shape index (κ2) is 8.62. The van der Waals surface area contributed by atoms with Gasteiger partial charge in [-0.25, -0.2) is 13.2 Å². The van der Waals surface area contributed by atoms with Crippen LogP contribution in [-0.2, 0) is 14.8 Å². The van der Waals surface area contributed by atoms with Gasteiger partial charge in [-0.2, -0.15) is 4.31 Å². The van der Waals surface area contributed by atoms with E-state index in [2.05, 4.69) is 11.8 Å². The fraction of sp³-hybridized carbons (Fsp3) is 0.381. The Labute approximate surface area is 171 Å². The largest absolute Gasteiger partial charge is 0.478 e. The van der Waals surface area contributed by atoms with Crippen LogP contribution in [0.1, 0.15) is 28.9 Å². The van der Waals surface area contributed by atoms with Crippen LogP contribution in [0.2, 0.25) is 0 Å². The molecule has 1 saturated heterocycles. The van der Waals surface area contributed by atoms with Gasteiger partial charge in [-0.05, 0) is 62.0 Å². The van der Waals surface area contributed by atoms with E-state index in [9.17, 15) is 18.3 Å². The molecule has 156 valence electrons. The summed E-state index contributed by atoms with van der Waals surface area (Å²) in [6.07, 6.45) is 0. The van der Waals surface area contributed by atoms with E-state index >= 15 is 0 Å². The second-order valence-corrected chi connectivity index (χ2v) is 9.27. The van der Waals surface area contributed by atoms with Gasteiger partial charge in [-0.1, -0.05) is 18.2 Å². The number of rotatable bonds is 6. The standard InChI is InChI=1S/C21H26N2O5S/c1-15(22(2)3)16-5-4-6-17(11-16)18-12-19(21(24)25)14-20(13-18)29(26,27)23-7-9-28-10-8-23/h4-6,11-15H,7-10H2,1-3H3,(H,24,25). The van der Waals surface area contributed by atoms with E-state index < -0.39 is 16.0 Å². The number of aromatic carboxylic acids is 1. The van der Waals surface area contributed by atoms with Gasteiger partial charge in [0.25, 0.3) is 0 Å². The number of carboxylic acids is 1. The lowest BCUT2D eigenvalue weighted by Crippen LogP contribution is -2.40. The van der Waals surface area contributed by atoms with Crippen molar-refractivity contribution in [1.82, 2.24) is 9.21 Å². The molecule has 8 heteroatoms. The highest BCUT2D eigenvalue weighted by Gasteiger charge is 2.28. The van der Waals surface area contributed by atoms with Crippen molar-refractivity contribution in [3.63, 3.8) is 0 Å². The Morgan fingerprint density at radius 1 is 1.10 bits per heavy atom. The minimum absolute atomic E-state index is 0.0136. The molecule has 0 spiro atoms. The van der Waals surface area contributed by atoms with Gasteiger partial charge in [-0.15, -0.1) is 0 Å². The fourth-order valence-electron chi connectivity index (χ4n) is 3.25. The average Bonchev–Trinajstić information content (AvgIpc) is 2.73. The minimum atomic E-state index is -3.81. The minimum Gasteiger partial charge on any atom is -0.478 e. The van der Waals surface area contributed by atoms with Gasteiger partial charge in [0.2, 0.25) is 10.0 Å². The number of carbonyl (C=O) groups is 1. The first kappa shape index (κ1) is 21.4. The lowest BCUT2D eigenvalue weighted by Gasteiger charge is -2.26. The quantitative estimate of drug-likeness (QED) is 0.776. The summed E-state index contributed by atoms with van der Waals surface area (Å²) >= 11 is 0. The summed E-state index contributed by atoms with van der Waals surface area (Å²) in [6.45, 7) is 3.24. The molecule has 7 nitrogen and oxygen atoms in total. The zero-order chi connectivity index (χ0) is 21.2. The summed E-state index contributed by atoms with van der Waals surface area (Å²) in [6, 6.07) is 12.2. The maximum absolute atomic E-state index is 13.1. The molecule has 29 heavy (non-hydrogen) atoms. The Morgan fingerprint density at radius 2 is 1.79 bits per heavy atom. The average molecular weight is 419 g/mol. The molecule has 2 aromatic rings. The molecule has 1 aliphatic heterocycles. The van der Waals surface area contributed by atoms with Crippen LogP contribution >= 0.6 is 0 Å². The summed E-state index contributed by atoms with van der Waals surface area (Å²) in [4.78, 5) is 13.7. The van der Waals surface area contributed by atoms with E-state index in [4.69, 9.17) is 4.74 Å². The van der Waals surface area contributed by atoms with Gasteiger partial charge in [0.15, 0.2) is 0 Å². The van der Waals surface area contributed by atoms with Crippen molar-refractivity contribution in [2.45, 2.75) is 17.9 Å². The number of hydrogen-bond acceptors (Lipinski definition) is 5. The van der Waals surface area contributed by atoms with E-state index in [0.717, 1.165) is 11.1 Å². The molecule has 0 aromatic heterocycles. The van der Waals surface area contributed by atoms with Crippen LogP contribution < -0.4 is 0 Å². The van der Waals surface area contributed by atoms with Crippen molar-refractivity contribution in [2.75, 3.05) is 40.4 Å². The zero-order valence-corrected chi connectivity index (χ0v) is 17.6. The zero-order valence-electron chi connectivity index (χ0n) is 16.8. The maximum Gasteiger partial charge on any atom is 0.335 e. The molecule has 3 rings (SSSR count). The first-order chi connectivity index (χ1) is 13.7. The summed E-state index contributed by atoms with van der Waals surface area (Å²) in [5.74, 6) is -1.16. The molecule has 0 radical (unpaired) electrons. The number of morpholine rings is 1. The molecule has 1 atom stereocenters. The third kappa shape index (κ3) is 4.67. The third-order valence-corrected chi connectivity index (χ3v) is 7.11. The Hall–Kier alpha value is -2.26. The number of benzene rings is 2. The van der Waals surface area contributed by atoms with Crippen molar-refractivity contribution < 1.29 is 23.1 Å². The van der Waals surface area contributed by atoms with Gasteiger partial charge in [0, 0.05) is 19.1 Å². The molecule has 1 unspecified atom stereocenters. The number of sulfonamides is 1. The topological polar surface area (TPSA) is 87.1 Å². The number of ether oxygens (including phenoxy) is 1. The first-order valence-corrected chi connectivity index (χ1v) is 10.9. The molecule has 0 saturated carbocycles. The van der Waals surface area contributed by atoms with E-state index in [1.54, 1.807) is 6.07 Å². The van der Waals surface area contributed by atoms with Crippen molar-refractivity contribution in [2.24, 2.45) is 0 Å². The molecule has 0 aliphatic carbocycles. The Balaban J connectivity index is 2.09. The first-order valence-electron chi connectivity index (χ1n) is 9.43. The van der Waals surface area contributed by atoms with Gasteiger partial charge >= 0.3 is 5.97 Å². The second-order valence-electron chi connectivity index (χ2n) is 7.33. The smallest absolute Gasteiger partial charge is 0.335 e. The normalized spacial score (nSPS) is 16.7. The van der Waals surface area contributed by atoms with Crippen LogP contribution in [0.4, 0.5) is 0 Å². The molecule has 0 amide bonds. The highest BCUT2D eigenvalue weighted by atomic mass is 32.2. The van der Waals surface area contributed by atoms with E-state index in [0.29, 0.717) is 18.8 Å². The van der Waals surface area contributed by atoms with Crippen LogP contribution in [0.25, 0.3) is 11.1 Å². The Morgan fingerprint density at radius 3 is 2.41 bits per heavy atom. The molecule has 1 aliphatic rings. The molecule has 1 heterocycles. The van der Waals surface area contributed by atoms with Crippen LogP contribution in [0, 0.1) is 0 Å². The van der Waals surface area contributed by atoms with Crippen LogP contribution in [0.5, 0.6) is 0 Å². The molecular formula is C21H26N2O5S. The summed E-state index contributed by atoms with van der Waals surface area (Å²) in [5.41, 5.74) is 2.34. The SMILES string of the molecule is CC(c1cccc(-c2cc(C(=O)O)cc(S(=O)(=O)N3CCOCC3)c2)c1)N(C)C. The van der Waals surface area contributed by atoms with Crippen molar-refractivity contribution in [1.29, 1.82) is 0 Å². The van der Waals surface area contributed by atoms with Crippen molar-refractivity contribution in [3.8, 4) is 11.1 Å².